The number of carboxylic acids is 1. The number of aromatic nitrogens is 6. The van der Waals surface area contributed by atoms with Gasteiger partial charge < -0.3 is 9.67 Å². The number of carbonyl (C=O) groups is 1. The van der Waals surface area contributed by atoms with Gasteiger partial charge >= 0.3 is 5.97 Å². The monoisotopic (exact) mass is 436 g/mol. The van der Waals surface area contributed by atoms with Crippen molar-refractivity contribution in [1.29, 1.82) is 0 Å². The first-order valence-corrected chi connectivity index (χ1v) is 10.4. The van der Waals surface area contributed by atoms with Crippen molar-refractivity contribution in [2.45, 2.75) is 32.2 Å². The van der Waals surface area contributed by atoms with Gasteiger partial charge in [-0.15, -0.1) is 10.2 Å². The molecule has 0 aliphatic rings. The van der Waals surface area contributed by atoms with Gasteiger partial charge in [-0.05, 0) is 23.1 Å². The molecule has 8 nitrogen and oxygen atoms in total. The summed E-state index contributed by atoms with van der Waals surface area (Å²) in [4.78, 5) is 16.6. The van der Waals surface area contributed by atoms with Gasteiger partial charge in [-0.2, -0.15) is 5.21 Å². The van der Waals surface area contributed by atoms with Gasteiger partial charge in [-0.1, -0.05) is 84.8 Å². The molecule has 1 unspecified atom stereocenters. The van der Waals surface area contributed by atoms with E-state index in [9.17, 15) is 9.90 Å². The van der Waals surface area contributed by atoms with E-state index in [0.717, 1.165) is 29.5 Å². The lowest BCUT2D eigenvalue weighted by Crippen LogP contribution is -2.22. The largest absolute Gasteiger partial charge is 0.476 e. The number of aromatic amines is 1. The minimum absolute atomic E-state index is 0.0516. The van der Waals surface area contributed by atoms with E-state index in [1.165, 1.54) is 0 Å². The van der Waals surface area contributed by atoms with Crippen molar-refractivity contribution in [3.63, 3.8) is 0 Å². The van der Waals surface area contributed by atoms with Crippen LogP contribution in [0.15, 0.2) is 54.6 Å². The number of halogens is 1. The number of H-pyrrole nitrogens is 1. The number of unbranched alkanes of at least 4 members (excludes halogenated alkanes) is 1. The van der Waals surface area contributed by atoms with Gasteiger partial charge in [-0.3, -0.25) is 0 Å². The summed E-state index contributed by atoms with van der Waals surface area (Å²) in [6.07, 6.45) is 2.34. The zero-order chi connectivity index (χ0) is 21.8. The average molecular weight is 437 g/mol. The summed E-state index contributed by atoms with van der Waals surface area (Å²) in [6, 6.07) is 17.0. The van der Waals surface area contributed by atoms with Crippen LogP contribution in [0, 0.1) is 0 Å². The number of benzene rings is 2. The zero-order valence-corrected chi connectivity index (χ0v) is 17.6. The van der Waals surface area contributed by atoms with Crippen LogP contribution >= 0.6 is 11.6 Å². The van der Waals surface area contributed by atoms with E-state index in [0.29, 0.717) is 18.1 Å². The number of hydrogen-bond donors (Lipinski definition) is 2. The van der Waals surface area contributed by atoms with Crippen LogP contribution in [-0.4, -0.2) is 41.3 Å². The van der Waals surface area contributed by atoms with E-state index in [1.54, 1.807) is 4.57 Å². The minimum Gasteiger partial charge on any atom is -0.476 e. The van der Waals surface area contributed by atoms with Crippen LogP contribution in [0.1, 0.15) is 53.5 Å². The Labute approximate surface area is 183 Å². The Morgan fingerprint density at radius 2 is 1.90 bits per heavy atom. The third kappa shape index (κ3) is 4.06. The number of carboxylic acid groups (broad SMARTS) is 1. The van der Waals surface area contributed by atoms with Crippen molar-refractivity contribution in [2.24, 2.45) is 0 Å². The lowest BCUT2D eigenvalue weighted by molar-refractivity contribution is 0.0684. The molecule has 31 heavy (non-hydrogen) atoms. The summed E-state index contributed by atoms with van der Waals surface area (Å²) < 4.78 is 1.63. The summed E-state index contributed by atoms with van der Waals surface area (Å²) in [5.41, 5.74) is 2.65. The molecular formula is C22H21ClN6O2. The fourth-order valence-electron chi connectivity index (χ4n) is 3.72. The fraction of sp³-hybridized carbons (Fsp3) is 0.227. The highest BCUT2D eigenvalue weighted by Gasteiger charge is 2.32. The molecule has 0 fully saturated rings. The molecule has 0 saturated heterocycles. The normalized spacial score (nSPS) is 12.1. The molecule has 0 amide bonds. The lowest BCUT2D eigenvalue weighted by Gasteiger charge is -2.22. The minimum atomic E-state index is -1.16. The quantitative estimate of drug-likeness (QED) is 0.423. The molecule has 158 valence electrons. The summed E-state index contributed by atoms with van der Waals surface area (Å²) >= 11 is 6.30. The first-order chi connectivity index (χ1) is 15.1. The number of tetrazole rings is 1. The second-order valence-electron chi connectivity index (χ2n) is 7.07. The van der Waals surface area contributed by atoms with Crippen molar-refractivity contribution in [3.05, 3.63) is 82.7 Å². The Hall–Kier alpha value is -3.52. The van der Waals surface area contributed by atoms with Crippen molar-refractivity contribution in [3.8, 4) is 11.1 Å². The van der Waals surface area contributed by atoms with Gasteiger partial charge in [0, 0.05) is 6.42 Å². The van der Waals surface area contributed by atoms with E-state index in [4.69, 9.17) is 11.6 Å². The molecule has 4 rings (SSSR count). The number of aromatic carboxylic acids is 1. The van der Waals surface area contributed by atoms with E-state index in [1.807, 2.05) is 54.6 Å². The Morgan fingerprint density at radius 3 is 2.58 bits per heavy atom. The van der Waals surface area contributed by atoms with Crippen molar-refractivity contribution < 1.29 is 9.90 Å². The number of rotatable bonds is 8. The molecule has 9 heteroatoms. The second kappa shape index (κ2) is 9.09. The van der Waals surface area contributed by atoms with Gasteiger partial charge in [0.05, 0.1) is 0 Å². The van der Waals surface area contributed by atoms with E-state index in [2.05, 4.69) is 32.5 Å². The maximum Gasteiger partial charge on any atom is 0.355 e. The molecule has 2 aromatic carbocycles. The molecule has 0 spiro atoms. The van der Waals surface area contributed by atoms with E-state index >= 15 is 0 Å². The summed E-state index contributed by atoms with van der Waals surface area (Å²) in [7, 11) is 0. The summed E-state index contributed by atoms with van der Waals surface area (Å²) in [5.74, 6) is -0.259. The first-order valence-electron chi connectivity index (χ1n) is 9.99. The predicted octanol–water partition coefficient (Wildman–Crippen LogP) is 4.40. The third-order valence-corrected chi connectivity index (χ3v) is 5.37. The van der Waals surface area contributed by atoms with Crippen LogP contribution < -0.4 is 0 Å². The molecule has 1 atom stereocenters. The van der Waals surface area contributed by atoms with Crippen molar-refractivity contribution in [2.75, 3.05) is 0 Å². The van der Waals surface area contributed by atoms with Crippen LogP contribution in [0.4, 0.5) is 0 Å². The third-order valence-electron chi connectivity index (χ3n) is 5.10. The standard InChI is InChI=1S/C22H21ClN6O2/c1-2-3-13-17-24-20(23)19(22(30)31)29(17)18(21-25-27-28-26-21)16-12-8-7-11-15(16)14-9-5-4-6-10-14/h4-12,18H,2-3,13H2,1H3,(H,30,31)(H,25,26,27,28). The van der Waals surface area contributed by atoms with Crippen LogP contribution in [0.2, 0.25) is 5.15 Å². The van der Waals surface area contributed by atoms with E-state index < -0.39 is 12.0 Å². The van der Waals surface area contributed by atoms with Gasteiger partial charge in [0.25, 0.3) is 0 Å². The smallest absolute Gasteiger partial charge is 0.355 e. The van der Waals surface area contributed by atoms with Gasteiger partial charge in [0.2, 0.25) is 5.82 Å². The van der Waals surface area contributed by atoms with Gasteiger partial charge in [-0.25, -0.2) is 9.78 Å². The predicted molar refractivity (Wildman–Crippen MR) is 116 cm³/mol. The van der Waals surface area contributed by atoms with Crippen LogP contribution in [0.3, 0.4) is 0 Å². The SMILES string of the molecule is CCCCc1nc(Cl)c(C(=O)O)n1C(c1nn[nH]n1)c1ccccc1-c1ccccc1. The number of aryl methyl sites for hydroxylation is 1. The second-order valence-corrected chi connectivity index (χ2v) is 7.43. The molecule has 0 aliphatic heterocycles. The molecule has 2 aromatic heterocycles. The number of nitrogens with one attached hydrogen (secondary N) is 1. The van der Waals surface area contributed by atoms with Crippen molar-refractivity contribution in [1.82, 2.24) is 30.2 Å². The molecule has 0 aliphatic carbocycles. The Bertz CT molecular complexity index is 1170. The van der Waals surface area contributed by atoms with Crippen LogP contribution in [-0.2, 0) is 6.42 Å². The fourth-order valence-corrected chi connectivity index (χ4v) is 3.99. The van der Waals surface area contributed by atoms with Crippen molar-refractivity contribution >= 4 is 17.6 Å². The highest BCUT2D eigenvalue weighted by Crippen LogP contribution is 2.36. The first kappa shape index (κ1) is 20.7. The maximum atomic E-state index is 12.2. The maximum absolute atomic E-state index is 12.2. The Balaban J connectivity index is 2.00. The molecular weight excluding hydrogens is 416 g/mol. The van der Waals surface area contributed by atoms with Gasteiger partial charge in [0.15, 0.2) is 10.8 Å². The Morgan fingerprint density at radius 1 is 1.16 bits per heavy atom. The zero-order valence-electron chi connectivity index (χ0n) is 16.9. The number of nitrogens with zero attached hydrogens (tertiary/aromatic N) is 5. The summed E-state index contributed by atoms with van der Waals surface area (Å²) in [6.45, 7) is 2.06. The van der Waals surface area contributed by atoms with Crippen LogP contribution in [0.5, 0.6) is 0 Å². The van der Waals surface area contributed by atoms with E-state index in [-0.39, 0.29) is 10.8 Å². The molecule has 0 radical (unpaired) electrons. The molecule has 2 heterocycles. The Kier molecular flexibility index (Phi) is 6.08. The number of imidazole rings is 1. The highest BCUT2D eigenvalue weighted by atomic mass is 35.5. The summed E-state index contributed by atoms with van der Waals surface area (Å²) in [5, 5.41) is 24.5. The topological polar surface area (TPSA) is 110 Å². The number of hydrogen-bond acceptors (Lipinski definition) is 5. The van der Waals surface area contributed by atoms with Gasteiger partial charge in [0.1, 0.15) is 11.9 Å². The average Bonchev–Trinajstić information content (AvgIpc) is 3.42. The van der Waals surface area contributed by atoms with Crippen LogP contribution in [0.25, 0.3) is 11.1 Å². The lowest BCUT2D eigenvalue weighted by atomic mass is 9.94. The molecule has 0 saturated carbocycles. The molecule has 0 bridgehead atoms. The highest BCUT2D eigenvalue weighted by molar-refractivity contribution is 6.32. The molecule has 2 N–H and O–H groups in total. The molecule has 4 aromatic rings.